The first-order valence-corrected chi connectivity index (χ1v) is 18.7. The van der Waals surface area contributed by atoms with E-state index in [1.807, 2.05) is 0 Å². The number of fused-ring (bicyclic) bond motifs is 4. The highest BCUT2D eigenvalue weighted by atomic mass is 15.1. The lowest BCUT2D eigenvalue weighted by Crippen LogP contribution is -2.28. The molecule has 0 bridgehead atoms. The Hall–Kier alpha value is -6.96. The van der Waals surface area contributed by atoms with Gasteiger partial charge in [0.1, 0.15) is 0 Å². The maximum atomic E-state index is 2.45. The Kier molecular flexibility index (Phi) is 7.78. The summed E-state index contributed by atoms with van der Waals surface area (Å²) in [4.78, 5) is 2.34. The molecule has 0 aromatic heterocycles. The predicted molar refractivity (Wildman–Crippen MR) is 227 cm³/mol. The van der Waals surface area contributed by atoms with Gasteiger partial charge in [-0.25, -0.2) is 0 Å². The molecule has 0 heterocycles. The van der Waals surface area contributed by atoms with E-state index in [0.29, 0.717) is 0 Å². The largest absolute Gasteiger partial charge is 0.310 e. The minimum absolute atomic E-state index is 0.407. The number of hydrogen-bond acceptors (Lipinski definition) is 1. The van der Waals surface area contributed by atoms with Crippen molar-refractivity contribution in [2.75, 3.05) is 4.90 Å². The molecule has 0 amide bonds. The topological polar surface area (TPSA) is 3.24 Å². The zero-order chi connectivity index (χ0) is 35.9. The first-order chi connectivity index (χ1) is 26.8. The van der Waals surface area contributed by atoms with E-state index in [9.17, 15) is 0 Å². The van der Waals surface area contributed by atoms with Gasteiger partial charge < -0.3 is 4.90 Å². The van der Waals surface area contributed by atoms with Crippen LogP contribution in [0.3, 0.4) is 0 Å². The van der Waals surface area contributed by atoms with Crippen molar-refractivity contribution in [3.63, 3.8) is 0 Å². The molecule has 0 fully saturated rings. The average molecular weight is 688 g/mol. The number of nitrogens with zero attached hydrogens (tertiary/aromatic N) is 1. The molecular weight excluding hydrogens is 651 g/mol. The summed E-state index contributed by atoms with van der Waals surface area (Å²) in [6, 6.07) is 81.9. The molecule has 0 radical (unpaired) electrons. The molecule has 0 atom stereocenters. The molecule has 0 spiro atoms. The lowest BCUT2D eigenvalue weighted by atomic mass is 9.67. The van der Waals surface area contributed by atoms with Crippen LogP contribution in [0, 0.1) is 0 Å². The third kappa shape index (κ3) is 5.25. The number of benzene rings is 9. The van der Waals surface area contributed by atoms with E-state index < -0.39 is 5.41 Å². The van der Waals surface area contributed by atoms with Crippen LogP contribution in [-0.4, -0.2) is 0 Å². The van der Waals surface area contributed by atoms with Gasteiger partial charge in [0, 0.05) is 17.1 Å². The summed E-state index contributed by atoms with van der Waals surface area (Å²) < 4.78 is 0. The van der Waals surface area contributed by atoms with Crippen molar-refractivity contribution in [3.8, 4) is 33.4 Å². The van der Waals surface area contributed by atoms with Crippen LogP contribution in [0.2, 0.25) is 0 Å². The number of hydrogen-bond donors (Lipinski definition) is 0. The first kappa shape index (κ1) is 31.7. The lowest BCUT2D eigenvalue weighted by molar-refractivity contribution is 0.769. The maximum Gasteiger partial charge on any atom is 0.0713 e. The van der Waals surface area contributed by atoms with Crippen LogP contribution in [0.15, 0.2) is 224 Å². The number of para-hydroxylation sites is 1. The van der Waals surface area contributed by atoms with Gasteiger partial charge in [0.05, 0.1) is 5.41 Å². The molecule has 0 saturated carbocycles. The Bertz CT molecular complexity index is 2700. The SMILES string of the molecule is c1ccc(-c2ccc(N(c3ccccc3)c3cccc(-c4ccc5cc6c(cc5c4)-c4ccccc4C6(c4ccccc4)c4ccccc4)c3)cc2)cc1. The monoisotopic (exact) mass is 687 g/mol. The Labute approximate surface area is 317 Å². The quantitative estimate of drug-likeness (QED) is 0.161. The highest BCUT2D eigenvalue weighted by molar-refractivity contribution is 5.97. The van der Waals surface area contributed by atoms with Crippen molar-refractivity contribution >= 4 is 27.8 Å². The molecular formula is C53H37N. The Balaban J connectivity index is 1.09. The summed E-state index contributed by atoms with van der Waals surface area (Å²) in [7, 11) is 0. The van der Waals surface area contributed by atoms with E-state index in [1.54, 1.807) is 0 Å². The second-order valence-corrected chi connectivity index (χ2v) is 14.1. The molecule has 10 rings (SSSR count). The van der Waals surface area contributed by atoms with E-state index in [1.165, 1.54) is 66.4 Å². The van der Waals surface area contributed by atoms with E-state index in [4.69, 9.17) is 0 Å². The summed E-state index contributed by atoms with van der Waals surface area (Å²) in [6.07, 6.45) is 0. The minimum Gasteiger partial charge on any atom is -0.310 e. The van der Waals surface area contributed by atoms with Crippen molar-refractivity contribution in [2.24, 2.45) is 0 Å². The van der Waals surface area contributed by atoms with Gasteiger partial charge in [0.15, 0.2) is 0 Å². The molecule has 1 nitrogen and oxygen atoms in total. The van der Waals surface area contributed by atoms with Crippen molar-refractivity contribution < 1.29 is 0 Å². The van der Waals surface area contributed by atoms with Crippen LogP contribution in [0.25, 0.3) is 44.2 Å². The highest BCUT2D eigenvalue weighted by Crippen LogP contribution is 2.57. The van der Waals surface area contributed by atoms with Crippen LogP contribution >= 0.6 is 0 Å². The van der Waals surface area contributed by atoms with E-state index in [0.717, 1.165) is 17.1 Å². The third-order valence-corrected chi connectivity index (χ3v) is 11.1. The minimum atomic E-state index is -0.407. The summed E-state index contributed by atoms with van der Waals surface area (Å²) in [5.74, 6) is 0. The Morgan fingerprint density at radius 3 is 1.50 bits per heavy atom. The van der Waals surface area contributed by atoms with Crippen LogP contribution in [-0.2, 0) is 5.41 Å². The normalized spacial score (nSPS) is 12.6. The zero-order valence-corrected chi connectivity index (χ0v) is 29.8. The third-order valence-electron chi connectivity index (χ3n) is 11.1. The maximum absolute atomic E-state index is 2.45. The summed E-state index contributed by atoms with van der Waals surface area (Å²) >= 11 is 0. The first-order valence-electron chi connectivity index (χ1n) is 18.7. The standard InChI is InChI=1S/C53H37N/c1-5-16-38(17-6-1)39-30-32-47(33-31-39)54(46-23-11-4-12-24-46)48-25-15-18-40(35-48)41-28-29-42-37-52-50(36-43(42)34-41)49-26-13-14-27-51(49)53(52,44-19-7-2-8-20-44)45-21-9-3-10-22-45/h1-37H. The van der Waals surface area contributed by atoms with Gasteiger partial charge >= 0.3 is 0 Å². The molecule has 0 unspecified atom stereocenters. The molecule has 0 N–H and O–H groups in total. The van der Waals surface area contributed by atoms with Crippen molar-refractivity contribution in [1.82, 2.24) is 0 Å². The molecule has 9 aromatic carbocycles. The van der Waals surface area contributed by atoms with Gasteiger partial charge in [-0.3, -0.25) is 0 Å². The Morgan fingerprint density at radius 1 is 0.278 bits per heavy atom. The van der Waals surface area contributed by atoms with Crippen molar-refractivity contribution in [1.29, 1.82) is 0 Å². The fourth-order valence-corrected chi connectivity index (χ4v) is 8.65. The van der Waals surface area contributed by atoms with Gasteiger partial charge in [0.2, 0.25) is 0 Å². The van der Waals surface area contributed by atoms with Crippen LogP contribution in [0.5, 0.6) is 0 Å². The molecule has 1 aliphatic carbocycles. The van der Waals surface area contributed by atoms with Gasteiger partial charge in [0.25, 0.3) is 0 Å². The fourth-order valence-electron chi connectivity index (χ4n) is 8.65. The van der Waals surface area contributed by atoms with Crippen molar-refractivity contribution in [2.45, 2.75) is 5.41 Å². The van der Waals surface area contributed by atoms with E-state index in [2.05, 4.69) is 229 Å². The van der Waals surface area contributed by atoms with Crippen molar-refractivity contribution in [3.05, 3.63) is 247 Å². The second-order valence-electron chi connectivity index (χ2n) is 14.1. The molecule has 1 heteroatoms. The summed E-state index contributed by atoms with van der Waals surface area (Å²) in [5.41, 5.74) is 15.6. The number of anilines is 3. The summed E-state index contributed by atoms with van der Waals surface area (Å²) in [5, 5.41) is 2.47. The Morgan fingerprint density at radius 2 is 0.796 bits per heavy atom. The van der Waals surface area contributed by atoms with Crippen LogP contribution < -0.4 is 4.90 Å². The molecule has 0 saturated heterocycles. The molecule has 0 aliphatic heterocycles. The van der Waals surface area contributed by atoms with E-state index in [-0.39, 0.29) is 0 Å². The predicted octanol–water partition coefficient (Wildman–Crippen LogP) is 14.0. The molecule has 54 heavy (non-hydrogen) atoms. The highest BCUT2D eigenvalue weighted by Gasteiger charge is 2.46. The smallest absolute Gasteiger partial charge is 0.0713 e. The van der Waals surface area contributed by atoms with Gasteiger partial charge in [-0.1, -0.05) is 170 Å². The molecule has 1 aliphatic rings. The second kappa shape index (κ2) is 13.2. The van der Waals surface area contributed by atoms with Crippen LogP contribution in [0.4, 0.5) is 17.1 Å². The van der Waals surface area contributed by atoms with Crippen LogP contribution in [0.1, 0.15) is 22.3 Å². The average Bonchev–Trinajstić information content (AvgIpc) is 3.54. The van der Waals surface area contributed by atoms with Gasteiger partial charge in [-0.15, -0.1) is 0 Å². The molecule has 9 aromatic rings. The van der Waals surface area contributed by atoms with Gasteiger partial charge in [-0.05, 0) is 121 Å². The lowest BCUT2D eigenvalue weighted by Gasteiger charge is -2.34. The summed E-state index contributed by atoms with van der Waals surface area (Å²) in [6.45, 7) is 0. The number of rotatable bonds is 7. The molecule has 254 valence electrons. The van der Waals surface area contributed by atoms with E-state index >= 15 is 0 Å². The van der Waals surface area contributed by atoms with Gasteiger partial charge in [-0.2, -0.15) is 0 Å². The fraction of sp³-hybridized carbons (Fsp3) is 0.0189. The zero-order valence-electron chi connectivity index (χ0n) is 29.8.